The van der Waals surface area contributed by atoms with Crippen LogP contribution in [-0.2, 0) is 4.79 Å². The van der Waals surface area contributed by atoms with Gasteiger partial charge in [-0.05, 0) is 38.3 Å². The Kier molecular flexibility index (Phi) is 4.04. The van der Waals surface area contributed by atoms with Gasteiger partial charge in [-0.2, -0.15) is 5.10 Å². The van der Waals surface area contributed by atoms with Crippen molar-refractivity contribution in [3.05, 3.63) is 54.0 Å². The molecule has 1 amide bonds. The van der Waals surface area contributed by atoms with E-state index in [1.807, 2.05) is 13.0 Å². The molecular formula is C17H18FN3O. The van der Waals surface area contributed by atoms with Gasteiger partial charge in [0.15, 0.2) is 0 Å². The molecular weight excluding hydrogens is 281 g/mol. The van der Waals surface area contributed by atoms with Crippen LogP contribution in [0.5, 0.6) is 0 Å². The second-order valence-corrected chi connectivity index (χ2v) is 5.50. The number of amides is 1. The summed E-state index contributed by atoms with van der Waals surface area (Å²) in [5, 5.41) is 7.18. The number of halogens is 1. The van der Waals surface area contributed by atoms with Gasteiger partial charge in [0.2, 0.25) is 5.91 Å². The average molecular weight is 299 g/mol. The van der Waals surface area contributed by atoms with Crippen molar-refractivity contribution >= 4 is 11.7 Å². The minimum Gasteiger partial charge on any atom is -0.310 e. The Hall–Kier alpha value is -2.43. The number of carbonyl (C=O) groups is 1. The predicted molar refractivity (Wildman–Crippen MR) is 83.4 cm³/mol. The standard InChI is InChI=1S/C17H18FN3O/c1-12-11-16(19-17(22)13-7-3-2-4-8-13)21(20-12)15-10-6-5-9-14(15)18/h2-3,5-6,9-11,13H,4,7-8H2,1H3,(H,19,22)/t13-/m1/s1. The number of carbonyl (C=O) groups excluding carboxylic acids is 1. The summed E-state index contributed by atoms with van der Waals surface area (Å²) in [5.41, 5.74) is 1.05. The van der Waals surface area contributed by atoms with Crippen molar-refractivity contribution in [1.29, 1.82) is 0 Å². The molecule has 22 heavy (non-hydrogen) atoms. The molecule has 5 heteroatoms. The van der Waals surface area contributed by atoms with E-state index in [9.17, 15) is 9.18 Å². The molecule has 1 aromatic heterocycles. The highest BCUT2D eigenvalue weighted by Gasteiger charge is 2.21. The zero-order valence-electron chi connectivity index (χ0n) is 12.4. The lowest BCUT2D eigenvalue weighted by atomic mass is 9.94. The number of aromatic nitrogens is 2. The topological polar surface area (TPSA) is 46.9 Å². The monoisotopic (exact) mass is 299 g/mol. The average Bonchev–Trinajstić information content (AvgIpc) is 2.89. The zero-order valence-corrected chi connectivity index (χ0v) is 12.4. The number of anilines is 1. The van der Waals surface area contributed by atoms with Gasteiger partial charge in [-0.25, -0.2) is 9.07 Å². The van der Waals surface area contributed by atoms with E-state index in [0.717, 1.165) is 25.0 Å². The zero-order chi connectivity index (χ0) is 15.5. The first-order chi connectivity index (χ1) is 10.6. The second kappa shape index (κ2) is 6.13. The smallest absolute Gasteiger partial charge is 0.228 e. The number of allylic oxidation sites excluding steroid dienone is 2. The summed E-state index contributed by atoms with van der Waals surface area (Å²) in [6.07, 6.45) is 6.64. The number of rotatable bonds is 3. The minimum atomic E-state index is -0.373. The quantitative estimate of drug-likeness (QED) is 0.880. The summed E-state index contributed by atoms with van der Waals surface area (Å²) in [5.74, 6) is 0.0555. The van der Waals surface area contributed by atoms with Crippen molar-refractivity contribution in [2.75, 3.05) is 5.32 Å². The van der Waals surface area contributed by atoms with Crippen molar-refractivity contribution in [2.45, 2.75) is 26.2 Å². The third-order valence-corrected chi connectivity index (χ3v) is 3.80. The second-order valence-electron chi connectivity index (χ2n) is 5.50. The van der Waals surface area contributed by atoms with Crippen LogP contribution in [0.4, 0.5) is 10.2 Å². The van der Waals surface area contributed by atoms with Crippen molar-refractivity contribution in [3.63, 3.8) is 0 Å². The lowest BCUT2D eigenvalue weighted by molar-refractivity contribution is -0.120. The molecule has 1 aliphatic carbocycles. The first-order valence-electron chi connectivity index (χ1n) is 7.42. The van der Waals surface area contributed by atoms with E-state index in [2.05, 4.69) is 16.5 Å². The Morgan fingerprint density at radius 3 is 2.91 bits per heavy atom. The van der Waals surface area contributed by atoms with E-state index in [1.54, 1.807) is 24.3 Å². The Balaban J connectivity index is 1.87. The van der Waals surface area contributed by atoms with Gasteiger partial charge >= 0.3 is 0 Å². The fraction of sp³-hybridized carbons (Fsp3) is 0.294. The van der Waals surface area contributed by atoms with E-state index in [1.165, 1.54) is 10.7 Å². The molecule has 3 rings (SSSR count). The highest BCUT2D eigenvalue weighted by Crippen LogP contribution is 2.23. The summed E-state index contributed by atoms with van der Waals surface area (Å²) in [6.45, 7) is 1.82. The molecule has 1 aliphatic rings. The number of nitrogens with zero attached hydrogens (tertiary/aromatic N) is 2. The molecule has 1 heterocycles. The minimum absolute atomic E-state index is 0.0331. The van der Waals surface area contributed by atoms with E-state index in [4.69, 9.17) is 0 Å². The van der Waals surface area contributed by atoms with Crippen molar-refractivity contribution in [2.24, 2.45) is 5.92 Å². The van der Waals surface area contributed by atoms with Gasteiger partial charge in [-0.1, -0.05) is 24.3 Å². The highest BCUT2D eigenvalue weighted by molar-refractivity contribution is 5.92. The van der Waals surface area contributed by atoms with Crippen LogP contribution >= 0.6 is 0 Å². The number of hydrogen-bond acceptors (Lipinski definition) is 2. The van der Waals surface area contributed by atoms with Crippen LogP contribution in [0.2, 0.25) is 0 Å². The van der Waals surface area contributed by atoms with Crippen LogP contribution in [0.25, 0.3) is 5.69 Å². The van der Waals surface area contributed by atoms with E-state index in [0.29, 0.717) is 11.5 Å². The molecule has 0 bridgehead atoms. The van der Waals surface area contributed by atoms with Crippen molar-refractivity contribution in [3.8, 4) is 5.69 Å². The summed E-state index contributed by atoms with van der Waals surface area (Å²) in [6, 6.07) is 8.14. The highest BCUT2D eigenvalue weighted by atomic mass is 19.1. The Labute approximate surface area is 128 Å². The van der Waals surface area contributed by atoms with Crippen LogP contribution < -0.4 is 5.32 Å². The molecule has 114 valence electrons. The molecule has 4 nitrogen and oxygen atoms in total. The van der Waals surface area contributed by atoms with Gasteiger partial charge in [0.1, 0.15) is 17.3 Å². The summed E-state index contributed by atoms with van der Waals surface area (Å²) in [7, 11) is 0. The fourth-order valence-electron chi connectivity index (χ4n) is 2.66. The van der Waals surface area contributed by atoms with E-state index in [-0.39, 0.29) is 17.6 Å². The van der Waals surface area contributed by atoms with Gasteiger partial charge in [0.05, 0.1) is 5.69 Å². The molecule has 0 aliphatic heterocycles. The number of nitrogens with one attached hydrogen (secondary N) is 1. The van der Waals surface area contributed by atoms with Gasteiger partial charge in [0, 0.05) is 12.0 Å². The third-order valence-electron chi connectivity index (χ3n) is 3.80. The maximum atomic E-state index is 14.0. The van der Waals surface area contributed by atoms with Crippen molar-refractivity contribution < 1.29 is 9.18 Å². The van der Waals surface area contributed by atoms with Crippen molar-refractivity contribution in [1.82, 2.24) is 9.78 Å². The number of benzene rings is 1. The molecule has 0 saturated carbocycles. The molecule has 0 unspecified atom stereocenters. The summed E-state index contributed by atoms with van der Waals surface area (Å²) in [4.78, 5) is 12.4. The van der Waals surface area contributed by atoms with Crippen LogP contribution in [0.15, 0.2) is 42.5 Å². The molecule has 1 atom stereocenters. The predicted octanol–water partition coefficient (Wildman–Crippen LogP) is 3.61. The van der Waals surface area contributed by atoms with E-state index < -0.39 is 0 Å². The van der Waals surface area contributed by atoms with Crippen LogP contribution in [0.3, 0.4) is 0 Å². The van der Waals surface area contributed by atoms with Gasteiger partial charge in [-0.3, -0.25) is 4.79 Å². The molecule has 2 aromatic rings. The summed E-state index contributed by atoms with van der Waals surface area (Å²) >= 11 is 0. The lowest BCUT2D eigenvalue weighted by Crippen LogP contribution is -2.24. The Bertz CT molecular complexity index is 720. The molecule has 0 fully saturated rings. The SMILES string of the molecule is Cc1cc(NC(=O)[C@@H]2CC=CCC2)n(-c2ccccc2F)n1. The van der Waals surface area contributed by atoms with Crippen LogP contribution in [0, 0.1) is 18.7 Å². The Morgan fingerprint density at radius 1 is 1.36 bits per heavy atom. The van der Waals surface area contributed by atoms with E-state index >= 15 is 0 Å². The fourth-order valence-corrected chi connectivity index (χ4v) is 2.66. The molecule has 0 radical (unpaired) electrons. The third kappa shape index (κ3) is 2.93. The Morgan fingerprint density at radius 2 is 2.18 bits per heavy atom. The van der Waals surface area contributed by atoms with Gasteiger partial charge in [-0.15, -0.1) is 0 Å². The van der Waals surface area contributed by atoms with Gasteiger partial charge < -0.3 is 5.32 Å². The molecule has 0 spiro atoms. The first kappa shape index (κ1) is 14.5. The number of aryl methyl sites for hydroxylation is 1. The number of hydrogen-bond donors (Lipinski definition) is 1. The van der Waals surface area contributed by atoms with Crippen LogP contribution in [0.1, 0.15) is 25.0 Å². The molecule has 0 saturated heterocycles. The molecule has 1 N–H and O–H groups in total. The van der Waals surface area contributed by atoms with Crippen LogP contribution in [-0.4, -0.2) is 15.7 Å². The summed E-state index contributed by atoms with van der Waals surface area (Å²) < 4.78 is 15.4. The molecule has 1 aromatic carbocycles. The normalized spacial score (nSPS) is 17.5. The maximum absolute atomic E-state index is 14.0. The first-order valence-corrected chi connectivity index (χ1v) is 7.42. The van der Waals surface area contributed by atoms with Gasteiger partial charge in [0.25, 0.3) is 0 Å². The largest absolute Gasteiger partial charge is 0.310 e. The lowest BCUT2D eigenvalue weighted by Gasteiger charge is -2.17. The maximum Gasteiger partial charge on any atom is 0.228 e. The number of para-hydroxylation sites is 1.